The first-order valence-electron chi connectivity index (χ1n) is 8.34. The first-order valence-corrected chi connectivity index (χ1v) is 8.71. The highest BCUT2D eigenvalue weighted by Gasteiger charge is 2.26. The van der Waals surface area contributed by atoms with Crippen LogP contribution in [0.3, 0.4) is 0 Å². The summed E-state index contributed by atoms with van der Waals surface area (Å²) in [5.74, 6) is 0.641. The number of aromatic nitrogens is 2. The quantitative estimate of drug-likeness (QED) is 0.774. The fraction of sp³-hybridized carbons (Fsp3) is 0.263. The largest absolute Gasteiger partial charge is 0.486 e. The maximum atomic E-state index is 12.8. The van der Waals surface area contributed by atoms with Crippen molar-refractivity contribution in [1.29, 1.82) is 0 Å². The third kappa shape index (κ3) is 2.85. The Bertz CT molecular complexity index is 937. The fourth-order valence-corrected chi connectivity index (χ4v) is 3.39. The van der Waals surface area contributed by atoms with Crippen molar-refractivity contribution in [3.8, 4) is 5.75 Å². The number of pyridine rings is 1. The van der Waals surface area contributed by atoms with Gasteiger partial charge in [0.2, 0.25) is 0 Å². The second-order valence-electron chi connectivity index (χ2n) is 6.10. The van der Waals surface area contributed by atoms with Crippen LogP contribution in [0.15, 0.2) is 42.6 Å². The molecule has 128 valence electrons. The molecule has 5 nitrogen and oxygen atoms in total. The van der Waals surface area contributed by atoms with Crippen LogP contribution in [0.25, 0.3) is 10.9 Å². The summed E-state index contributed by atoms with van der Waals surface area (Å²) in [5, 5.41) is 4.40. The molecule has 1 aliphatic rings. The second kappa shape index (κ2) is 6.41. The van der Waals surface area contributed by atoms with Gasteiger partial charge in [-0.05, 0) is 36.8 Å². The molecule has 3 aromatic rings. The first kappa shape index (κ1) is 16.0. The summed E-state index contributed by atoms with van der Waals surface area (Å²) in [5.41, 5.74) is 2.31. The summed E-state index contributed by atoms with van der Waals surface area (Å²) in [4.78, 5) is 17.0. The molecule has 1 N–H and O–H groups in total. The van der Waals surface area contributed by atoms with E-state index in [1.807, 2.05) is 41.0 Å². The Hall–Kier alpha value is -2.53. The van der Waals surface area contributed by atoms with E-state index in [1.54, 1.807) is 6.20 Å². The van der Waals surface area contributed by atoms with Gasteiger partial charge in [-0.3, -0.25) is 9.78 Å². The maximum Gasteiger partial charge on any atom is 0.268 e. The molecule has 0 radical (unpaired) electrons. The van der Waals surface area contributed by atoms with Crippen molar-refractivity contribution in [2.24, 2.45) is 0 Å². The number of nitrogens with one attached hydrogen (secondary N) is 1. The molecular formula is C19H18ClN3O2. The van der Waals surface area contributed by atoms with Crippen LogP contribution in [0.5, 0.6) is 5.75 Å². The van der Waals surface area contributed by atoms with Gasteiger partial charge in [0.15, 0.2) is 0 Å². The van der Waals surface area contributed by atoms with Crippen LogP contribution in [0.4, 0.5) is 0 Å². The number of hydrogen-bond donors (Lipinski definition) is 1. The molecular weight excluding hydrogens is 338 g/mol. The summed E-state index contributed by atoms with van der Waals surface area (Å²) in [6.07, 6.45) is 2.63. The number of ether oxygens (including phenoxy) is 1. The number of nitrogens with zero attached hydrogens (tertiary/aromatic N) is 2. The number of carbonyl (C=O) groups excluding carboxylic acids is 1. The van der Waals surface area contributed by atoms with Crippen LogP contribution in [0, 0.1) is 0 Å². The van der Waals surface area contributed by atoms with Crippen molar-refractivity contribution < 1.29 is 9.53 Å². The van der Waals surface area contributed by atoms with E-state index in [9.17, 15) is 4.79 Å². The molecule has 1 aliphatic heterocycles. The van der Waals surface area contributed by atoms with Gasteiger partial charge in [-0.2, -0.15) is 0 Å². The fourth-order valence-electron chi connectivity index (χ4n) is 3.18. The highest BCUT2D eigenvalue weighted by Crippen LogP contribution is 2.38. The van der Waals surface area contributed by atoms with Gasteiger partial charge in [0.05, 0.1) is 29.3 Å². The molecule has 1 unspecified atom stereocenters. The molecule has 4 rings (SSSR count). The van der Waals surface area contributed by atoms with Crippen molar-refractivity contribution in [3.05, 3.63) is 59.0 Å². The van der Waals surface area contributed by atoms with Crippen LogP contribution in [0.2, 0.25) is 5.02 Å². The molecule has 1 atom stereocenters. The number of amides is 1. The summed E-state index contributed by atoms with van der Waals surface area (Å²) < 4.78 is 8.03. The molecule has 0 fully saturated rings. The molecule has 0 aliphatic carbocycles. The van der Waals surface area contributed by atoms with Crippen molar-refractivity contribution in [2.45, 2.75) is 32.5 Å². The zero-order chi connectivity index (χ0) is 17.4. The third-order valence-electron chi connectivity index (χ3n) is 4.49. The lowest BCUT2D eigenvalue weighted by Crippen LogP contribution is -2.31. The minimum atomic E-state index is -0.138. The Morgan fingerprint density at radius 3 is 3.04 bits per heavy atom. The van der Waals surface area contributed by atoms with Crippen LogP contribution in [-0.2, 0) is 13.1 Å². The lowest BCUT2D eigenvalue weighted by atomic mass is 10.2. The predicted octanol–water partition coefficient (Wildman–Crippen LogP) is 3.79. The van der Waals surface area contributed by atoms with E-state index in [0.717, 1.165) is 28.8 Å². The second-order valence-corrected chi connectivity index (χ2v) is 6.51. The topological polar surface area (TPSA) is 56.2 Å². The normalized spacial score (nSPS) is 15.8. The number of halogens is 1. The molecule has 0 saturated heterocycles. The Morgan fingerprint density at radius 2 is 2.28 bits per heavy atom. The molecule has 0 spiro atoms. The van der Waals surface area contributed by atoms with Crippen LogP contribution in [0.1, 0.15) is 29.5 Å². The van der Waals surface area contributed by atoms with Crippen LogP contribution >= 0.6 is 11.6 Å². The zero-order valence-corrected chi connectivity index (χ0v) is 14.6. The van der Waals surface area contributed by atoms with Gasteiger partial charge in [0.1, 0.15) is 17.5 Å². The Kier molecular flexibility index (Phi) is 4.09. The number of rotatable bonds is 4. The van der Waals surface area contributed by atoms with Gasteiger partial charge >= 0.3 is 0 Å². The summed E-state index contributed by atoms with van der Waals surface area (Å²) >= 11 is 6.33. The predicted molar refractivity (Wildman–Crippen MR) is 97.1 cm³/mol. The van der Waals surface area contributed by atoms with E-state index in [0.29, 0.717) is 23.8 Å². The summed E-state index contributed by atoms with van der Waals surface area (Å²) in [6.45, 7) is 3.10. The van der Waals surface area contributed by atoms with Crippen molar-refractivity contribution in [2.75, 3.05) is 0 Å². The average molecular weight is 356 g/mol. The van der Waals surface area contributed by atoms with Crippen molar-refractivity contribution >= 4 is 28.4 Å². The molecule has 25 heavy (non-hydrogen) atoms. The minimum Gasteiger partial charge on any atom is -0.486 e. The SMILES string of the molecule is CCC1Cn2c(C(=O)NCc3ccccn3)cc3c(Cl)ccc(c32)O1. The molecule has 0 bridgehead atoms. The number of carbonyl (C=O) groups is 1. The van der Waals surface area contributed by atoms with Crippen molar-refractivity contribution in [3.63, 3.8) is 0 Å². The zero-order valence-electron chi connectivity index (χ0n) is 13.8. The van der Waals surface area contributed by atoms with Gasteiger partial charge in [0.25, 0.3) is 5.91 Å². The smallest absolute Gasteiger partial charge is 0.268 e. The van der Waals surface area contributed by atoms with Gasteiger partial charge < -0.3 is 14.6 Å². The van der Waals surface area contributed by atoms with Gasteiger partial charge in [-0.1, -0.05) is 24.6 Å². The Balaban J connectivity index is 1.69. The van der Waals surface area contributed by atoms with Gasteiger partial charge in [-0.15, -0.1) is 0 Å². The third-order valence-corrected chi connectivity index (χ3v) is 4.82. The van der Waals surface area contributed by atoms with E-state index in [-0.39, 0.29) is 12.0 Å². The van der Waals surface area contributed by atoms with E-state index >= 15 is 0 Å². The summed E-state index contributed by atoms with van der Waals surface area (Å²) in [7, 11) is 0. The lowest BCUT2D eigenvalue weighted by molar-refractivity contribution is 0.0934. The first-order chi connectivity index (χ1) is 12.2. The van der Waals surface area contributed by atoms with Crippen molar-refractivity contribution in [1.82, 2.24) is 14.9 Å². The highest BCUT2D eigenvalue weighted by molar-refractivity contribution is 6.36. The molecule has 2 aromatic heterocycles. The van der Waals surface area contributed by atoms with E-state index in [2.05, 4.69) is 17.2 Å². The molecule has 1 amide bonds. The minimum absolute atomic E-state index is 0.0478. The van der Waals surface area contributed by atoms with E-state index in [4.69, 9.17) is 16.3 Å². The molecule has 6 heteroatoms. The van der Waals surface area contributed by atoms with E-state index < -0.39 is 0 Å². The Labute approximate surface area is 150 Å². The monoisotopic (exact) mass is 355 g/mol. The molecule has 3 heterocycles. The Morgan fingerprint density at radius 1 is 1.40 bits per heavy atom. The summed E-state index contributed by atoms with van der Waals surface area (Å²) in [6, 6.07) is 11.2. The lowest BCUT2D eigenvalue weighted by Gasteiger charge is -2.26. The van der Waals surface area contributed by atoms with Crippen LogP contribution < -0.4 is 10.1 Å². The number of hydrogen-bond acceptors (Lipinski definition) is 3. The van der Waals surface area contributed by atoms with Crippen LogP contribution in [-0.4, -0.2) is 21.6 Å². The average Bonchev–Trinajstić information content (AvgIpc) is 3.04. The van der Waals surface area contributed by atoms with Gasteiger partial charge in [0, 0.05) is 11.6 Å². The van der Waals surface area contributed by atoms with Gasteiger partial charge in [-0.25, -0.2) is 0 Å². The molecule has 0 saturated carbocycles. The molecule has 1 aromatic carbocycles. The maximum absolute atomic E-state index is 12.8. The standard InChI is InChI=1S/C19H18ClN3O2/c1-2-13-11-23-16(19(24)22-10-12-5-3-4-8-21-12)9-14-15(20)6-7-17(25-13)18(14)23/h3-9,13H,2,10-11H2,1H3,(H,22,24). The number of benzene rings is 1. The van der Waals surface area contributed by atoms with E-state index in [1.165, 1.54) is 0 Å². The highest BCUT2D eigenvalue weighted by atomic mass is 35.5.